The lowest BCUT2D eigenvalue weighted by Crippen LogP contribution is -2.49. The molecular formula is C11H18N4O2S. The van der Waals surface area contributed by atoms with E-state index in [-0.39, 0.29) is 5.75 Å². The number of sulfonamides is 1. The molecule has 0 atom stereocenters. The van der Waals surface area contributed by atoms with Crippen LogP contribution in [0.4, 0.5) is 5.82 Å². The predicted octanol–water partition coefficient (Wildman–Crippen LogP) is 0.257. The Morgan fingerprint density at radius 1 is 1.22 bits per heavy atom. The van der Waals surface area contributed by atoms with Gasteiger partial charge in [0.2, 0.25) is 10.0 Å². The first-order chi connectivity index (χ1) is 8.53. The SMILES string of the molecule is CCS(=O)(=O)N1CCN(c2cc(C)ncn2)CC1. The molecule has 2 heterocycles. The zero-order valence-electron chi connectivity index (χ0n) is 10.7. The molecule has 0 saturated carbocycles. The summed E-state index contributed by atoms with van der Waals surface area (Å²) in [4.78, 5) is 10.4. The van der Waals surface area contributed by atoms with Crippen LogP contribution in [0, 0.1) is 6.92 Å². The summed E-state index contributed by atoms with van der Waals surface area (Å²) in [6.07, 6.45) is 1.54. The average molecular weight is 270 g/mol. The van der Waals surface area contributed by atoms with Crippen molar-refractivity contribution in [3.8, 4) is 0 Å². The highest BCUT2D eigenvalue weighted by Gasteiger charge is 2.25. The van der Waals surface area contributed by atoms with E-state index in [2.05, 4.69) is 14.9 Å². The van der Waals surface area contributed by atoms with Gasteiger partial charge in [0.25, 0.3) is 0 Å². The molecule has 2 rings (SSSR count). The Labute approximate surface area is 108 Å². The van der Waals surface area contributed by atoms with E-state index in [0.29, 0.717) is 26.2 Å². The quantitative estimate of drug-likeness (QED) is 0.788. The predicted molar refractivity (Wildman–Crippen MR) is 70.0 cm³/mol. The Bertz CT molecular complexity index is 510. The Morgan fingerprint density at radius 2 is 1.89 bits per heavy atom. The van der Waals surface area contributed by atoms with Gasteiger partial charge in [-0.25, -0.2) is 18.4 Å². The summed E-state index contributed by atoms with van der Waals surface area (Å²) >= 11 is 0. The van der Waals surface area contributed by atoms with Crippen LogP contribution in [0.5, 0.6) is 0 Å². The largest absolute Gasteiger partial charge is 0.354 e. The van der Waals surface area contributed by atoms with Crippen LogP contribution in [-0.2, 0) is 10.0 Å². The molecule has 1 fully saturated rings. The molecule has 1 aliphatic rings. The average Bonchev–Trinajstić information content (AvgIpc) is 2.39. The highest BCUT2D eigenvalue weighted by atomic mass is 32.2. The molecule has 18 heavy (non-hydrogen) atoms. The first-order valence-corrected chi connectivity index (χ1v) is 7.65. The second-order valence-electron chi connectivity index (χ2n) is 4.30. The summed E-state index contributed by atoms with van der Waals surface area (Å²) in [6, 6.07) is 1.92. The van der Waals surface area contributed by atoms with Crippen LogP contribution in [0.2, 0.25) is 0 Å². The summed E-state index contributed by atoms with van der Waals surface area (Å²) in [7, 11) is -3.06. The van der Waals surface area contributed by atoms with E-state index >= 15 is 0 Å². The molecule has 1 aromatic heterocycles. The maximum Gasteiger partial charge on any atom is 0.213 e. The number of rotatable bonds is 3. The van der Waals surface area contributed by atoms with E-state index < -0.39 is 10.0 Å². The van der Waals surface area contributed by atoms with Crippen LogP contribution in [0.25, 0.3) is 0 Å². The van der Waals surface area contributed by atoms with Crippen molar-refractivity contribution in [3.05, 3.63) is 18.1 Å². The standard InChI is InChI=1S/C11H18N4O2S/c1-3-18(16,17)15-6-4-14(5-7-15)11-8-10(2)12-9-13-11/h8-9H,3-7H2,1-2H3. The van der Waals surface area contributed by atoms with Crippen molar-refractivity contribution in [2.24, 2.45) is 0 Å². The van der Waals surface area contributed by atoms with Crippen LogP contribution in [-0.4, -0.2) is 54.6 Å². The molecule has 0 bridgehead atoms. The van der Waals surface area contributed by atoms with Gasteiger partial charge in [-0.3, -0.25) is 0 Å². The molecule has 100 valence electrons. The molecule has 0 spiro atoms. The third-order valence-electron chi connectivity index (χ3n) is 3.11. The van der Waals surface area contributed by atoms with Crippen molar-refractivity contribution in [1.82, 2.24) is 14.3 Å². The molecule has 0 aliphatic carbocycles. The number of anilines is 1. The molecule has 1 aliphatic heterocycles. The van der Waals surface area contributed by atoms with Crippen LogP contribution < -0.4 is 4.90 Å². The topological polar surface area (TPSA) is 66.4 Å². The molecule has 1 saturated heterocycles. The number of piperazine rings is 1. The van der Waals surface area contributed by atoms with Gasteiger partial charge in [0, 0.05) is 37.9 Å². The highest BCUT2D eigenvalue weighted by molar-refractivity contribution is 7.89. The highest BCUT2D eigenvalue weighted by Crippen LogP contribution is 2.15. The molecule has 0 amide bonds. The van der Waals surface area contributed by atoms with Crippen molar-refractivity contribution in [1.29, 1.82) is 0 Å². The Kier molecular flexibility index (Phi) is 3.82. The Balaban J connectivity index is 2.03. The minimum absolute atomic E-state index is 0.166. The molecule has 0 unspecified atom stereocenters. The molecular weight excluding hydrogens is 252 g/mol. The molecule has 0 radical (unpaired) electrons. The van der Waals surface area contributed by atoms with Crippen LogP contribution in [0.15, 0.2) is 12.4 Å². The van der Waals surface area contributed by atoms with Gasteiger partial charge in [-0.15, -0.1) is 0 Å². The summed E-state index contributed by atoms with van der Waals surface area (Å²) in [5.41, 5.74) is 0.920. The van der Waals surface area contributed by atoms with Gasteiger partial charge in [0.05, 0.1) is 5.75 Å². The first kappa shape index (κ1) is 13.2. The van der Waals surface area contributed by atoms with Crippen molar-refractivity contribution in [2.75, 3.05) is 36.8 Å². The van der Waals surface area contributed by atoms with Crippen molar-refractivity contribution in [2.45, 2.75) is 13.8 Å². The maximum atomic E-state index is 11.7. The molecule has 0 N–H and O–H groups in total. The second kappa shape index (κ2) is 5.19. The summed E-state index contributed by atoms with van der Waals surface area (Å²) in [5, 5.41) is 0. The maximum absolute atomic E-state index is 11.7. The molecule has 6 nitrogen and oxygen atoms in total. The van der Waals surface area contributed by atoms with Crippen LogP contribution in [0.3, 0.4) is 0 Å². The zero-order chi connectivity index (χ0) is 13.2. The second-order valence-corrected chi connectivity index (χ2v) is 6.56. The molecule has 1 aromatic rings. The van der Waals surface area contributed by atoms with E-state index in [1.54, 1.807) is 17.6 Å². The number of aryl methyl sites for hydroxylation is 1. The van der Waals surface area contributed by atoms with Gasteiger partial charge >= 0.3 is 0 Å². The Morgan fingerprint density at radius 3 is 2.44 bits per heavy atom. The van der Waals surface area contributed by atoms with E-state index in [1.807, 2.05) is 13.0 Å². The lowest BCUT2D eigenvalue weighted by Gasteiger charge is -2.34. The van der Waals surface area contributed by atoms with Crippen LogP contribution >= 0.6 is 0 Å². The zero-order valence-corrected chi connectivity index (χ0v) is 11.5. The van der Waals surface area contributed by atoms with E-state index in [1.165, 1.54) is 0 Å². The monoisotopic (exact) mass is 270 g/mol. The van der Waals surface area contributed by atoms with Gasteiger partial charge in [-0.05, 0) is 13.8 Å². The number of hydrogen-bond acceptors (Lipinski definition) is 5. The Hall–Kier alpha value is -1.21. The van der Waals surface area contributed by atoms with Crippen molar-refractivity contribution in [3.63, 3.8) is 0 Å². The van der Waals surface area contributed by atoms with Gasteiger partial charge < -0.3 is 4.90 Å². The van der Waals surface area contributed by atoms with Gasteiger partial charge in [-0.2, -0.15) is 4.31 Å². The fraction of sp³-hybridized carbons (Fsp3) is 0.636. The third-order valence-corrected chi connectivity index (χ3v) is 4.99. The lowest BCUT2D eigenvalue weighted by molar-refractivity contribution is 0.384. The van der Waals surface area contributed by atoms with Crippen molar-refractivity contribution < 1.29 is 8.42 Å². The minimum Gasteiger partial charge on any atom is -0.354 e. The molecule has 7 heteroatoms. The fourth-order valence-electron chi connectivity index (χ4n) is 1.99. The van der Waals surface area contributed by atoms with E-state index in [0.717, 1.165) is 11.5 Å². The normalized spacial score (nSPS) is 18.0. The molecule has 0 aromatic carbocycles. The number of hydrogen-bond donors (Lipinski definition) is 0. The smallest absolute Gasteiger partial charge is 0.213 e. The van der Waals surface area contributed by atoms with Crippen molar-refractivity contribution >= 4 is 15.8 Å². The minimum atomic E-state index is -3.06. The van der Waals surface area contributed by atoms with Gasteiger partial charge in [-0.1, -0.05) is 0 Å². The summed E-state index contributed by atoms with van der Waals surface area (Å²) in [6.45, 7) is 6.00. The number of aromatic nitrogens is 2. The van der Waals surface area contributed by atoms with E-state index in [9.17, 15) is 8.42 Å². The lowest BCUT2D eigenvalue weighted by atomic mass is 10.3. The summed E-state index contributed by atoms with van der Waals surface area (Å²) in [5.74, 6) is 1.04. The fourth-order valence-corrected chi connectivity index (χ4v) is 3.08. The third kappa shape index (κ3) is 2.78. The van der Waals surface area contributed by atoms with Gasteiger partial charge in [0.1, 0.15) is 12.1 Å². The van der Waals surface area contributed by atoms with Crippen LogP contribution in [0.1, 0.15) is 12.6 Å². The number of nitrogens with zero attached hydrogens (tertiary/aromatic N) is 4. The van der Waals surface area contributed by atoms with Gasteiger partial charge in [0.15, 0.2) is 0 Å². The summed E-state index contributed by atoms with van der Waals surface area (Å²) < 4.78 is 25.0. The first-order valence-electron chi connectivity index (χ1n) is 6.04. The van der Waals surface area contributed by atoms with E-state index in [4.69, 9.17) is 0 Å².